The zero-order valence-electron chi connectivity index (χ0n) is 10.00. The molecule has 0 saturated heterocycles. The minimum absolute atomic E-state index is 0.269. The van der Waals surface area contributed by atoms with Gasteiger partial charge >= 0.3 is 17.9 Å². The lowest BCUT2D eigenvalue weighted by Crippen LogP contribution is -2.20. The van der Waals surface area contributed by atoms with Crippen LogP contribution in [0.1, 0.15) is 21.0 Å². The molecule has 0 radical (unpaired) electrons. The number of rotatable bonds is 4. The number of methoxy groups -OCH3 is 3. The Balaban J connectivity index is 3.19. The van der Waals surface area contributed by atoms with Gasteiger partial charge in [-0.2, -0.15) is 0 Å². The van der Waals surface area contributed by atoms with Gasteiger partial charge in [0.15, 0.2) is 5.69 Å². The fourth-order valence-electron chi connectivity index (χ4n) is 1.14. The molecule has 0 saturated carbocycles. The maximum Gasteiger partial charge on any atom is 0.361 e. The molecule has 98 valence electrons. The van der Waals surface area contributed by atoms with Gasteiger partial charge in [0.25, 0.3) is 0 Å². The van der Waals surface area contributed by atoms with Gasteiger partial charge in [0, 0.05) is 0 Å². The number of ether oxygens (including phenoxy) is 3. The molecule has 0 spiro atoms. The molecule has 9 nitrogen and oxygen atoms in total. The van der Waals surface area contributed by atoms with Gasteiger partial charge in [-0.3, -0.25) is 4.79 Å². The number of hydrogen-bond donors (Lipinski definition) is 0. The van der Waals surface area contributed by atoms with Crippen molar-refractivity contribution in [3.8, 4) is 0 Å². The molecule has 1 heterocycles. The average Bonchev–Trinajstić information content (AvgIpc) is 2.80. The number of esters is 3. The molecule has 1 rings (SSSR count). The second kappa shape index (κ2) is 5.75. The zero-order chi connectivity index (χ0) is 13.7. The normalized spacial score (nSPS) is 9.72. The largest absolute Gasteiger partial charge is 0.468 e. The summed E-state index contributed by atoms with van der Waals surface area (Å²) in [7, 11) is 3.43. The van der Waals surface area contributed by atoms with E-state index in [0.717, 1.165) is 18.9 Å². The van der Waals surface area contributed by atoms with E-state index in [1.54, 1.807) is 0 Å². The summed E-state index contributed by atoms with van der Waals surface area (Å²) >= 11 is 0. The van der Waals surface area contributed by atoms with E-state index in [1.807, 2.05) is 0 Å². The molecule has 0 amide bonds. The molecular formula is C9H11N3O6. The van der Waals surface area contributed by atoms with Crippen LogP contribution in [0.5, 0.6) is 0 Å². The highest BCUT2D eigenvalue weighted by atomic mass is 16.5. The Kier molecular flexibility index (Phi) is 4.35. The average molecular weight is 257 g/mol. The molecule has 0 aromatic carbocycles. The molecular weight excluding hydrogens is 246 g/mol. The zero-order valence-corrected chi connectivity index (χ0v) is 10.00. The van der Waals surface area contributed by atoms with E-state index in [2.05, 4.69) is 24.5 Å². The van der Waals surface area contributed by atoms with Crippen LogP contribution in [-0.2, 0) is 25.5 Å². The molecule has 0 atom stereocenters. The Hall–Kier alpha value is -2.45. The Bertz CT molecular complexity index is 481. The predicted octanol–water partition coefficient (Wildman–Crippen LogP) is -0.976. The van der Waals surface area contributed by atoms with Gasteiger partial charge in [-0.1, -0.05) is 5.21 Å². The first kappa shape index (κ1) is 13.6. The molecule has 0 N–H and O–H groups in total. The van der Waals surface area contributed by atoms with E-state index in [-0.39, 0.29) is 17.9 Å². The van der Waals surface area contributed by atoms with Crippen molar-refractivity contribution < 1.29 is 28.6 Å². The molecule has 1 aromatic rings. The summed E-state index contributed by atoms with van der Waals surface area (Å²) in [6.45, 7) is -0.370. The van der Waals surface area contributed by atoms with Crippen LogP contribution in [0.3, 0.4) is 0 Å². The first-order valence-corrected chi connectivity index (χ1v) is 4.72. The minimum atomic E-state index is -0.857. The Labute approximate surface area is 102 Å². The second-order valence-corrected chi connectivity index (χ2v) is 3.00. The third-order valence-corrected chi connectivity index (χ3v) is 2.00. The van der Waals surface area contributed by atoms with Crippen molar-refractivity contribution in [1.29, 1.82) is 0 Å². The van der Waals surface area contributed by atoms with Crippen molar-refractivity contribution in [1.82, 2.24) is 15.0 Å². The SMILES string of the molecule is COC(=O)Cn1nnc(C(=O)OC)c1C(=O)OC. The van der Waals surface area contributed by atoms with Gasteiger partial charge < -0.3 is 14.2 Å². The Morgan fingerprint density at radius 2 is 1.67 bits per heavy atom. The fourth-order valence-corrected chi connectivity index (χ4v) is 1.14. The van der Waals surface area contributed by atoms with E-state index in [9.17, 15) is 14.4 Å². The Morgan fingerprint density at radius 3 is 2.17 bits per heavy atom. The molecule has 0 aliphatic heterocycles. The highest BCUT2D eigenvalue weighted by molar-refractivity contribution is 6.00. The van der Waals surface area contributed by atoms with Crippen molar-refractivity contribution in [2.75, 3.05) is 21.3 Å². The van der Waals surface area contributed by atoms with E-state index in [0.29, 0.717) is 0 Å². The van der Waals surface area contributed by atoms with Gasteiger partial charge in [-0.25, -0.2) is 14.3 Å². The second-order valence-electron chi connectivity index (χ2n) is 3.00. The van der Waals surface area contributed by atoms with Crippen LogP contribution in [0, 0.1) is 0 Å². The third kappa shape index (κ3) is 2.62. The molecule has 0 aliphatic carbocycles. The van der Waals surface area contributed by atoms with Gasteiger partial charge in [0.05, 0.1) is 21.3 Å². The lowest BCUT2D eigenvalue weighted by molar-refractivity contribution is -0.141. The van der Waals surface area contributed by atoms with E-state index in [4.69, 9.17) is 0 Å². The van der Waals surface area contributed by atoms with Gasteiger partial charge in [-0.15, -0.1) is 5.10 Å². The van der Waals surface area contributed by atoms with Crippen LogP contribution < -0.4 is 0 Å². The highest BCUT2D eigenvalue weighted by Crippen LogP contribution is 2.09. The number of carbonyl (C=O) groups is 3. The molecule has 9 heteroatoms. The Morgan fingerprint density at radius 1 is 1.06 bits per heavy atom. The summed E-state index contributed by atoms with van der Waals surface area (Å²) in [6.07, 6.45) is 0. The van der Waals surface area contributed by atoms with Gasteiger partial charge in [0.2, 0.25) is 5.69 Å². The molecule has 1 aromatic heterocycles. The van der Waals surface area contributed by atoms with Gasteiger partial charge in [0.1, 0.15) is 6.54 Å². The van der Waals surface area contributed by atoms with Crippen LogP contribution in [-0.4, -0.2) is 54.2 Å². The number of hydrogen-bond acceptors (Lipinski definition) is 8. The smallest absolute Gasteiger partial charge is 0.361 e. The summed E-state index contributed by atoms with van der Waals surface area (Å²) < 4.78 is 14.3. The maximum absolute atomic E-state index is 11.5. The number of carbonyl (C=O) groups excluding carboxylic acids is 3. The monoisotopic (exact) mass is 257 g/mol. The quantitative estimate of drug-likeness (QED) is 0.500. The third-order valence-electron chi connectivity index (χ3n) is 2.00. The molecule has 0 bridgehead atoms. The van der Waals surface area contributed by atoms with Crippen LogP contribution in [0.4, 0.5) is 0 Å². The molecule has 18 heavy (non-hydrogen) atoms. The van der Waals surface area contributed by atoms with Gasteiger partial charge in [-0.05, 0) is 0 Å². The summed E-state index contributed by atoms with van der Waals surface area (Å²) in [6, 6.07) is 0. The van der Waals surface area contributed by atoms with E-state index < -0.39 is 17.9 Å². The van der Waals surface area contributed by atoms with Crippen molar-refractivity contribution in [2.24, 2.45) is 0 Å². The first-order valence-electron chi connectivity index (χ1n) is 4.72. The van der Waals surface area contributed by atoms with Crippen LogP contribution in [0.2, 0.25) is 0 Å². The van der Waals surface area contributed by atoms with E-state index >= 15 is 0 Å². The van der Waals surface area contributed by atoms with Crippen LogP contribution >= 0.6 is 0 Å². The number of nitrogens with zero attached hydrogens (tertiary/aromatic N) is 3. The van der Waals surface area contributed by atoms with Crippen molar-refractivity contribution >= 4 is 17.9 Å². The fraction of sp³-hybridized carbons (Fsp3) is 0.444. The van der Waals surface area contributed by atoms with Crippen LogP contribution in [0.25, 0.3) is 0 Å². The summed E-state index contributed by atoms with van der Waals surface area (Å²) in [5.41, 5.74) is -0.594. The molecule has 0 unspecified atom stereocenters. The number of aromatic nitrogens is 3. The summed E-state index contributed by atoms with van der Waals surface area (Å²) in [4.78, 5) is 34.0. The molecule has 0 fully saturated rings. The predicted molar refractivity (Wildman–Crippen MR) is 54.7 cm³/mol. The summed E-state index contributed by atoms with van der Waals surface area (Å²) in [5, 5.41) is 6.98. The van der Waals surface area contributed by atoms with Crippen molar-refractivity contribution in [3.05, 3.63) is 11.4 Å². The topological polar surface area (TPSA) is 110 Å². The maximum atomic E-state index is 11.5. The standard InChI is InChI=1S/C9H11N3O6/c1-16-5(13)4-12-7(9(15)18-3)6(10-11-12)8(14)17-2/h4H2,1-3H3. The van der Waals surface area contributed by atoms with Crippen LogP contribution in [0.15, 0.2) is 0 Å². The first-order chi connectivity index (χ1) is 8.54. The molecule has 0 aliphatic rings. The van der Waals surface area contributed by atoms with Crippen molar-refractivity contribution in [2.45, 2.75) is 6.54 Å². The summed E-state index contributed by atoms with van der Waals surface area (Å²) in [5.74, 6) is -2.36. The highest BCUT2D eigenvalue weighted by Gasteiger charge is 2.27. The van der Waals surface area contributed by atoms with Crippen molar-refractivity contribution in [3.63, 3.8) is 0 Å². The minimum Gasteiger partial charge on any atom is -0.468 e. The lowest BCUT2D eigenvalue weighted by atomic mass is 10.3. The lowest BCUT2D eigenvalue weighted by Gasteiger charge is -2.04. The van der Waals surface area contributed by atoms with E-state index in [1.165, 1.54) is 7.11 Å².